The largest absolute Gasteiger partial charge is 0.439 e. The lowest BCUT2D eigenvalue weighted by Crippen LogP contribution is -2.19. The van der Waals surface area contributed by atoms with Crippen molar-refractivity contribution in [2.75, 3.05) is 5.43 Å². The van der Waals surface area contributed by atoms with Gasteiger partial charge in [0.2, 0.25) is 0 Å². The van der Waals surface area contributed by atoms with Gasteiger partial charge in [-0.1, -0.05) is 17.3 Å². The summed E-state index contributed by atoms with van der Waals surface area (Å²) in [6.07, 6.45) is 0. The number of aromatic nitrogens is 2. The second-order valence-corrected chi connectivity index (χ2v) is 5.00. The first kappa shape index (κ1) is 12.8. The molecule has 22 heavy (non-hydrogen) atoms. The van der Waals surface area contributed by atoms with Gasteiger partial charge in [-0.3, -0.25) is 9.51 Å². The van der Waals surface area contributed by atoms with Crippen LogP contribution in [0.5, 0.6) is 0 Å². The second-order valence-electron chi connectivity index (χ2n) is 5.00. The highest BCUT2D eigenvalue weighted by molar-refractivity contribution is 5.67. The lowest BCUT2D eigenvalue weighted by molar-refractivity contribution is 0.388. The van der Waals surface area contributed by atoms with Crippen LogP contribution in [0.1, 0.15) is 17.2 Å². The maximum Gasteiger partial charge on any atom is 0.439 e. The lowest BCUT2D eigenvalue weighted by atomic mass is 9.97. The summed E-state index contributed by atoms with van der Waals surface area (Å²) in [6, 6.07) is 11.8. The van der Waals surface area contributed by atoms with Crippen LogP contribution in [0.3, 0.4) is 0 Å². The first-order valence-corrected chi connectivity index (χ1v) is 6.68. The van der Waals surface area contributed by atoms with Crippen molar-refractivity contribution in [2.45, 2.75) is 6.04 Å². The molecular weight excluding hydrogens is 287 g/mol. The molecule has 1 atom stereocenters. The number of halogens is 1. The Balaban J connectivity index is 1.77. The van der Waals surface area contributed by atoms with Crippen LogP contribution in [-0.2, 0) is 0 Å². The van der Waals surface area contributed by atoms with Gasteiger partial charge in [0.05, 0.1) is 11.7 Å². The second kappa shape index (κ2) is 4.81. The maximum atomic E-state index is 13.1. The summed E-state index contributed by atoms with van der Waals surface area (Å²) in [4.78, 5) is 13.6. The number of nitrogens with zero attached hydrogens (tertiary/aromatic N) is 1. The molecule has 4 rings (SSSR count). The molecule has 0 saturated carbocycles. The molecule has 0 radical (unpaired) electrons. The predicted molar refractivity (Wildman–Crippen MR) is 77.6 cm³/mol. The molecule has 1 aliphatic heterocycles. The van der Waals surface area contributed by atoms with Crippen molar-refractivity contribution in [1.29, 1.82) is 0 Å². The van der Waals surface area contributed by atoms with E-state index in [9.17, 15) is 9.18 Å². The molecule has 1 aromatic heterocycles. The van der Waals surface area contributed by atoms with Gasteiger partial charge < -0.3 is 5.43 Å². The van der Waals surface area contributed by atoms with Crippen molar-refractivity contribution in [2.24, 2.45) is 0 Å². The number of nitrogens with one attached hydrogen (secondary N) is 3. The third-order valence-corrected chi connectivity index (χ3v) is 3.63. The average molecular weight is 298 g/mol. The number of benzene rings is 2. The molecule has 2 aromatic carbocycles. The van der Waals surface area contributed by atoms with Gasteiger partial charge in [-0.25, -0.2) is 14.6 Å². The molecule has 110 valence electrons. The summed E-state index contributed by atoms with van der Waals surface area (Å²) in [5.74, 6) is -0.497. The molecule has 3 aromatic rings. The average Bonchev–Trinajstić information content (AvgIpc) is 3.14. The Labute approximate surface area is 123 Å². The highest BCUT2D eigenvalue weighted by Crippen LogP contribution is 2.35. The van der Waals surface area contributed by atoms with Crippen LogP contribution >= 0.6 is 0 Å². The minimum absolute atomic E-state index is 0.117. The van der Waals surface area contributed by atoms with Crippen molar-refractivity contribution in [3.63, 3.8) is 0 Å². The molecule has 2 heterocycles. The molecule has 3 N–H and O–H groups in total. The minimum atomic E-state index is -0.596. The Morgan fingerprint density at radius 3 is 2.68 bits per heavy atom. The van der Waals surface area contributed by atoms with E-state index in [0.29, 0.717) is 5.82 Å². The van der Waals surface area contributed by atoms with Gasteiger partial charge in [-0.05, 0) is 35.9 Å². The third kappa shape index (κ3) is 2.08. The van der Waals surface area contributed by atoms with Crippen LogP contribution in [0.4, 0.5) is 10.1 Å². The topological polar surface area (TPSA) is 83.0 Å². The van der Waals surface area contributed by atoms with E-state index < -0.39 is 5.76 Å². The van der Waals surface area contributed by atoms with E-state index in [0.717, 1.165) is 22.4 Å². The first-order chi connectivity index (χ1) is 10.7. The van der Waals surface area contributed by atoms with Crippen LogP contribution in [-0.4, -0.2) is 10.1 Å². The number of hydrogen-bond donors (Lipinski definition) is 3. The van der Waals surface area contributed by atoms with Crippen molar-refractivity contribution >= 4 is 5.69 Å². The van der Waals surface area contributed by atoms with E-state index in [1.165, 1.54) is 12.1 Å². The van der Waals surface area contributed by atoms with Gasteiger partial charge in [-0.2, -0.15) is 0 Å². The van der Waals surface area contributed by atoms with Crippen LogP contribution in [0.2, 0.25) is 0 Å². The Morgan fingerprint density at radius 2 is 1.95 bits per heavy atom. The van der Waals surface area contributed by atoms with Crippen LogP contribution in [0.25, 0.3) is 11.4 Å². The van der Waals surface area contributed by atoms with E-state index >= 15 is 0 Å². The summed E-state index contributed by atoms with van der Waals surface area (Å²) >= 11 is 0. The molecule has 1 aliphatic rings. The Morgan fingerprint density at radius 1 is 1.14 bits per heavy atom. The maximum absolute atomic E-state index is 13.1. The van der Waals surface area contributed by atoms with Crippen molar-refractivity contribution in [3.05, 3.63) is 70.0 Å². The molecule has 0 saturated heterocycles. The smallest absolute Gasteiger partial charge is 0.320 e. The Bertz CT molecular complexity index is 885. The molecule has 0 bridgehead atoms. The molecule has 1 unspecified atom stereocenters. The van der Waals surface area contributed by atoms with Gasteiger partial charge in [0.15, 0.2) is 5.82 Å². The Kier molecular flexibility index (Phi) is 2.80. The van der Waals surface area contributed by atoms with Crippen LogP contribution < -0.4 is 16.6 Å². The number of H-pyrrole nitrogens is 1. The number of fused-ring (bicyclic) bond motifs is 1. The summed E-state index contributed by atoms with van der Waals surface area (Å²) in [5.41, 5.74) is 9.81. The normalized spacial score (nSPS) is 16.3. The van der Waals surface area contributed by atoms with Crippen LogP contribution in [0.15, 0.2) is 51.8 Å². The van der Waals surface area contributed by atoms with Crippen molar-refractivity contribution in [3.8, 4) is 11.4 Å². The molecule has 0 spiro atoms. The summed E-state index contributed by atoms with van der Waals surface area (Å²) < 4.78 is 17.6. The lowest BCUT2D eigenvalue weighted by Gasteiger charge is -2.11. The zero-order valence-electron chi connectivity index (χ0n) is 11.3. The SMILES string of the molecule is O=c1[nH]c(-c2ccc3c(c2)C(c2ccc(F)cc2)NN3)no1. The number of aromatic amines is 1. The highest BCUT2D eigenvalue weighted by Gasteiger charge is 2.24. The predicted octanol–water partition coefficient (Wildman–Crippen LogP) is 2.19. The summed E-state index contributed by atoms with van der Waals surface area (Å²) in [7, 11) is 0. The van der Waals surface area contributed by atoms with E-state index in [1.807, 2.05) is 18.2 Å². The summed E-state index contributed by atoms with van der Waals surface area (Å²) in [5, 5.41) is 3.69. The van der Waals surface area contributed by atoms with E-state index in [1.54, 1.807) is 12.1 Å². The summed E-state index contributed by atoms with van der Waals surface area (Å²) in [6.45, 7) is 0. The zero-order valence-corrected chi connectivity index (χ0v) is 11.3. The van der Waals surface area contributed by atoms with Gasteiger partial charge in [0.1, 0.15) is 5.82 Å². The van der Waals surface area contributed by atoms with Crippen LogP contribution in [0, 0.1) is 5.82 Å². The van der Waals surface area contributed by atoms with Crippen molar-refractivity contribution < 1.29 is 8.91 Å². The Hall–Kier alpha value is -2.93. The molecule has 0 fully saturated rings. The van der Waals surface area contributed by atoms with E-state index in [-0.39, 0.29) is 11.9 Å². The fourth-order valence-corrected chi connectivity index (χ4v) is 2.56. The highest BCUT2D eigenvalue weighted by atomic mass is 19.1. The monoisotopic (exact) mass is 298 g/mol. The molecule has 6 nitrogen and oxygen atoms in total. The molecule has 0 aliphatic carbocycles. The van der Waals surface area contributed by atoms with Gasteiger partial charge >= 0.3 is 5.76 Å². The quantitative estimate of drug-likeness (QED) is 0.675. The van der Waals surface area contributed by atoms with E-state index in [2.05, 4.69) is 25.5 Å². The number of rotatable bonds is 2. The van der Waals surface area contributed by atoms with Gasteiger partial charge in [-0.15, -0.1) is 0 Å². The fourth-order valence-electron chi connectivity index (χ4n) is 2.56. The number of hydrogen-bond acceptors (Lipinski definition) is 5. The van der Waals surface area contributed by atoms with Crippen molar-refractivity contribution in [1.82, 2.24) is 15.6 Å². The first-order valence-electron chi connectivity index (χ1n) is 6.68. The molecular formula is C15H11FN4O2. The van der Waals surface area contributed by atoms with Gasteiger partial charge in [0.25, 0.3) is 0 Å². The number of hydrazine groups is 1. The number of anilines is 1. The minimum Gasteiger partial charge on any atom is -0.320 e. The third-order valence-electron chi connectivity index (χ3n) is 3.63. The fraction of sp³-hybridized carbons (Fsp3) is 0.0667. The molecule has 7 heteroatoms. The zero-order chi connectivity index (χ0) is 15.1. The van der Waals surface area contributed by atoms with E-state index in [4.69, 9.17) is 0 Å². The van der Waals surface area contributed by atoms with Gasteiger partial charge in [0, 0.05) is 11.1 Å². The molecule has 0 amide bonds. The standard InChI is InChI=1S/C15H11FN4O2/c16-10-4-1-8(2-5-10)13-11-7-9(3-6-12(11)18-19-13)14-17-15(21)22-20-14/h1-7,13,18-19H,(H,17,20,21).